The van der Waals surface area contributed by atoms with E-state index in [4.69, 9.17) is 10.5 Å². The lowest BCUT2D eigenvalue weighted by Crippen LogP contribution is -1.93. The summed E-state index contributed by atoms with van der Waals surface area (Å²) in [5, 5.41) is 16.9. The zero-order valence-electron chi connectivity index (χ0n) is 7.68. The lowest BCUT2D eigenvalue weighted by atomic mass is 10.2. The minimum absolute atomic E-state index is 0.514. The van der Waals surface area contributed by atoms with Gasteiger partial charge in [0.1, 0.15) is 0 Å². The monoisotopic (exact) mass is 184 g/mol. The fraction of sp³-hybridized carbons (Fsp3) is 0.200. The van der Waals surface area contributed by atoms with E-state index in [0.29, 0.717) is 5.82 Å². The molecule has 0 saturated carbocycles. The van der Waals surface area contributed by atoms with Gasteiger partial charge in [-0.15, -0.1) is 0 Å². The molecule has 0 saturated heterocycles. The molecule has 0 bridgehead atoms. The van der Waals surface area contributed by atoms with E-state index in [1.165, 1.54) is 6.21 Å². The largest absolute Gasteiger partial charge is 0.239 e. The summed E-state index contributed by atoms with van der Waals surface area (Å²) < 4.78 is 0. The van der Waals surface area contributed by atoms with Crippen LogP contribution in [0.3, 0.4) is 0 Å². The zero-order chi connectivity index (χ0) is 10.4. The number of pyridine rings is 1. The normalized spacial score (nSPS) is 10.0. The first-order valence-electron chi connectivity index (χ1n) is 4.03. The van der Waals surface area contributed by atoms with E-state index in [2.05, 4.69) is 9.98 Å². The number of hydrogen-bond donors (Lipinski definition) is 0. The van der Waals surface area contributed by atoms with Gasteiger partial charge in [-0.25, -0.2) is 9.98 Å². The van der Waals surface area contributed by atoms with Crippen LogP contribution in [0.5, 0.6) is 0 Å². The highest BCUT2D eigenvalue weighted by Gasteiger charge is 1.99. The van der Waals surface area contributed by atoms with Gasteiger partial charge in [0.2, 0.25) is 0 Å². The third-order valence-corrected chi connectivity index (χ3v) is 1.51. The Balaban J connectivity index is 2.80. The highest BCUT2D eigenvalue weighted by molar-refractivity contribution is 5.70. The molecule has 0 N–H and O–H groups in total. The van der Waals surface area contributed by atoms with Crippen molar-refractivity contribution in [3.05, 3.63) is 23.9 Å². The molecule has 1 rings (SSSR count). The summed E-state index contributed by atoms with van der Waals surface area (Å²) in [5.41, 5.74) is 0.852. The van der Waals surface area contributed by atoms with E-state index in [-0.39, 0.29) is 0 Å². The van der Waals surface area contributed by atoms with Crippen LogP contribution in [-0.4, -0.2) is 11.2 Å². The van der Waals surface area contributed by atoms with Crippen LogP contribution in [0.15, 0.2) is 23.2 Å². The number of aromatic nitrogens is 1. The molecule has 68 valence electrons. The molecule has 0 fully saturated rings. The Bertz CT molecular complexity index is 408. The van der Waals surface area contributed by atoms with Crippen LogP contribution in [0.1, 0.15) is 5.69 Å². The lowest BCUT2D eigenvalue weighted by molar-refractivity contribution is 1.14. The zero-order valence-corrected chi connectivity index (χ0v) is 7.68. The van der Waals surface area contributed by atoms with Crippen molar-refractivity contribution in [2.75, 3.05) is 0 Å². The molecule has 4 nitrogen and oxygen atoms in total. The van der Waals surface area contributed by atoms with Crippen molar-refractivity contribution in [3.63, 3.8) is 0 Å². The highest BCUT2D eigenvalue weighted by atomic mass is 14.9. The number of aryl methyl sites for hydroxylation is 1. The Hall–Kier alpha value is -2.20. The molecule has 0 unspecified atom stereocenters. The van der Waals surface area contributed by atoms with Crippen LogP contribution in [0.25, 0.3) is 0 Å². The molecule has 0 spiro atoms. The minimum atomic E-state index is -0.808. The summed E-state index contributed by atoms with van der Waals surface area (Å²) >= 11 is 0. The maximum absolute atomic E-state index is 8.47. The number of rotatable bonds is 2. The van der Waals surface area contributed by atoms with Crippen molar-refractivity contribution >= 4 is 12.0 Å². The molecule has 1 heterocycles. The van der Waals surface area contributed by atoms with E-state index in [0.717, 1.165) is 5.69 Å². The molecular formula is C10H8N4. The second kappa shape index (κ2) is 4.74. The number of nitrogens with zero attached hydrogens (tertiary/aromatic N) is 4. The second-order valence-corrected chi connectivity index (χ2v) is 2.65. The van der Waals surface area contributed by atoms with Gasteiger partial charge in [0.25, 0.3) is 0 Å². The van der Waals surface area contributed by atoms with Crippen molar-refractivity contribution in [1.82, 2.24) is 4.98 Å². The Kier molecular flexibility index (Phi) is 3.34. The van der Waals surface area contributed by atoms with Gasteiger partial charge in [-0.05, 0) is 19.1 Å². The molecule has 4 heteroatoms. The quantitative estimate of drug-likeness (QED) is 0.657. The molecule has 0 aliphatic rings. The maximum Gasteiger partial charge on any atom is 0.168 e. The Morgan fingerprint density at radius 3 is 2.71 bits per heavy atom. The summed E-state index contributed by atoms with van der Waals surface area (Å²) in [7, 11) is 0. The van der Waals surface area contributed by atoms with Gasteiger partial charge in [-0.3, -0.25) is 0 Å². The molecule has 0 atom stereocenters. The van der Waals surface area contributed by atoms with Crippen molar-refractivity contribution in [3.8, 4) is 12.1 Å². The molecule has 0 aliphatic carbocycles. The first-order chi connectivity index (χ1) is 6.76. The van der Waals surface area contributed by atoms with Gasteiger partial charge in [0, 0.05) is 11.9 Å². The SMILES string of the molecule is Cc1cccc(N=CC(C#N)C#N)n1. The van der Waals surface area contributed by atoms with Gasteiger partial charge in [-0.1, -0.05) is 6.07 Å². The third-order valence-electron chi connectivity index (χ3n) is 1.51. The van der Waals surface area contributed by atoms with Gasteiger partial charge < -0.3 is 0 Å². The van der Waals surface area contributed by atoms with Crippen LogP contribution in [-0.2, 0) is 0 Å². The van der Waals surface area contributed by atoms with Gasteiger partial charge in [0.15, 0.2) is 11.7 Å². The van der Waals surface area contributed by atoms with Gasteiger partial charge >= 0.3 is 0 Å². The standard InChI is InChI=1S/C10H8N4/c1-8-3-2-4-10(14-8)13-7-9(5-11)6-12/h2-4,7,9H,1H3. The van der Waals surface area contributed by atoms with Crippen molar-refractivity contribution in [1.29, 1.82) is 10.5 Å². The summed E-state index contributed by atoms with van der Waals surface area (Å²) in [6.07, 6.45) is 1.29. The van der Waals surface area contributed by atoms with Crippen molar-refractivity contribution in [2.24, 2.45) is 10.9 Å². The molecule has 0 aromatic carbocycles. The van der Waals surface area contributed by atoms with E-state index >= 15 is 0 Å². The summed E-state index contributed by atoms with van der Waals surface area (Å²) in [5.74, 6) is -0.294. The molecule has 1 aromatic heterocycles. The molecule has 0 radical (unpaired) electrons. The average Bonchev–Trinajstić information content (AvgIpc) is 2.19. The molecular weight excluding hydrogens is 176 g/mol. The molecule has 14 heavy (non-hydrogen) atoms. The van der Waals surface area contributed by atoms with Crippen LogP contribution in [0, 0.1) is 35.5 Å². The average molecular weight is 184 g/mol. The van der Waals surface area contributed by atoms with Crippen LogP contribution in [0.2, 0.25) is 0 Å². The summed E-state index contributed by atoms with van der Waals surface area (Å²) in [4.78, 5) is 8.02. The van der Waals surface area contributed by atoms with E-state index < -0.39 is 5.92 Å². The topological polar surface area (TPSA) is 72.8 Å². The lowest BCUT2D eigenvalue weighted by Gasteiger charge is -1.93. The predicted molar refractivity (Wildman–Crippen MR) is 51.8 cm³/mol. The molecule has 0 amide bonds. The highest BCUT2D eigenvalue weighted by Crippen LogP contribution is 2.07. The fourth-order valence-corrected chi connectivity index (χ4v) is 0.847. The Labute approximate surface area is 82.2 Å². The third kappa shape index (κ3) is 2.69. The van der Waals surface area contributed by atoms with Crippen LogP contribution in [0.4, 0.5) is 5.82 Å². The Morgan fingerprint density at radius 2 is 2.14 bits per heavy atom. The molecule has 1 aromatic rings. The van der Waals surface area contributed by atoms with Crippen LogP contribution >= 0.6 is 0 Å². The Morgan fingerprint density at radius 1 is 1.43 bits per heavy atom. The van der Waals surface area contributed by atoms with E-state index in [1.54, 1.807) is 18.2 Å². The predicted octanol–water partition coefficient (Wildman–Crippen LogP) is 1.76. The van der Waals surface area contributed by atoms with Crippen molar-refractivity contribution in [2.45, 2.75) is 6.92 Å². The number of nitriles is 2. The maximum atomic E-state index is 8.47. The summed E-state index contributed by atoms with van der Waals surface area (Å²) in [6.45, 7) is 1.85. The molecule has 0 aliphatic heterocycles. The smallest absolute Gasteiger partial charge is 0.168 e. The van der Waals surface area contributed by atoms with E-state index in [9.17, 15) is 0 Å². The second-order valence-electron chi connectivity index (χ2n) is 2.65. The van der Waals surface area contributed by atoms with E-state index in [1.807, 2.05) is 19.1 Å². The first kappa shape index (κ1) is 9.88. The van der Waals surface area contributed by atoms with Crippen molar-refractivity contribution < 1.29 is 0 Å². The van der Waals surface area contributed by atoms with Gasteiger partial charge in [-0.2, -0.15) is 10.5 Å². The van der Waals surface area contributed by atoms with Crippen LogP contribution < -0.4 is 0 Å². The van der Waals surface area contributed by atoms with Gasteiger partial charge in [0.05, 0.1) is 12.1 Å². The fourth-order valence-electron chi connectivity index (χ4n) is 0.847. The number of aliphatic imine (C=N–C) groups is 1. The number of hydrogen-bond acceptors (Lipinski definition) is 4. The first-order valence-corrected chi connectivity index (χ1v) is 4.03. The summed E-state index contributed by atoms with van der Waals surface area (Å²) in [6, 6.07) is 8.99. The minimum Gasteiger partial charge on any atom is -0.239 e.